The summed E-state index contributed by atoms with van der Waals surface area (Å²) in [4.78, 5) is 35.0. The van der Waals surface area contributed by atoms with Crippen LogP contribution in [0, 0.1) is 5.92 Å². The number of hydrogen-bond donors (Lipinski definition) is 0. The molecular weight excluding hydrogens is 228 g/mol. The predicted molar refractivity (Wildman–Crippen MR) is 56.1 cm³/mol. The Morgan fingerprint density at radius 2 is 1.82 bits per heavy atom. The van der Waals surface area contributed by atoms with Crippen molar-refractivity contribution in [3.8, 4) is 0 Å². The number of hydrogen-bond acceptors (Lipinski definition) is 6. The van der Waals surface area contributed by atoms with Gasteiger partial charge in [0.15, 0.2) is 11.7 Å². The minimum atomic E-state index is -1.52. The van der Waals surface area contributed by atoms with E-state index in [-0.39, 0.29) is 19.8 Å². The first-order chi connectivity index (χ1) is 7.92. The molecule has 0 N–H and O–H groups in total. The molecule has 1 saturated heterocycles. The molecule has 17 heavy (non-hydrogen) atoms. The molecule has 1 heterocycles. The molecule has 1 aliphatic rings. The maximum atomic E-state index is 12.1. The maximum absolute atomic E-state index is 12.1. The summed E-state index contributed by atoms with van der Waals surface area (Å²) in [5, 5.41) is 0. The van der Waals surface area contributed by atoms with Gasteiger partial charge in [-0.25, -0.2) is 0 Å². The van der Waals surface area contributed by atoms with Crippen LogP contribution in [-0.2, 0) is 28.6 Å². The van der Waals surface area contributed by atoms with Crippen LogP contribution >= 0.6 is 0 Å². The zero-order valence-electron chi connectivity index (χ0n) is 10.1. The Hall–Kier alpha value is -1.27. The number of ether oxygens (including phenoxy) is 3. The van der Waals surface area contributed by atoms with Crippen molar-refractivity contribution in [3.63, 3.8) is 0 Å². The average molecular weight is 244 g/mol. The topological polar surface area (TPSA) is 78.9 Å². The second kappa shape index (κ2) is 5.37. The van der Waals surface area contributed by atoms with Crippen LogP contribution < -0.4 is 0 Å². The maximum Gasteiger partial charge on any atom is 0.324 e. The van der Waals surface area contributed by atoms with E-state index in [4.69, 9.17) is 14.2 Å². The van der Waals surface area contributed by atoms with E-state index in [1.165, 1.54) is 6.92 Å². The number of ketones is 2. The molecule has 0 aromatic rings. The van der Waals surface area contributed by atoms with Gasteiger partial charge in [-0.1, -0.05) is 0 Å². The molecule has 96 valence electrons. The van der Waals surface area contributed by atoms with Crippen molar-refractivity contribution in [1.29, 1.82) is 0 Å². The molecule has 1 fully saturated rings. The van der Waals surface area contributed by atoms with Gasteiger partial charge in [-0.2, -0.15) is 0 Å². The van der Waals surface area contributed by atoms with Gasteiger partial charge in [-0.15, -0.1) is 0 Å². The van der Waals surface area contributed by atoms with E-state index in [0.29, 0.717) is 0 Å². The van der Waals surface area contributed by atoms with Gasteiger partial charge in [0.2, 0.25) is 11.6 Å². The molecule has 1 rings (SSSR count). The van der Waals surface area contributed by atoms with Crippen molar-refractivity contribution in [2.75, 3.05) is 19.8 Å². The summed E-state index contributed by atoms with van der Waals surface area (Å²) < 4.78 is 15.0. The van der Waals surface area contributed by atoms with Gasteiger partial charge in [-0.05, 0) is 20.8 Å². The van der Waals surface area contributed by atoms with Crippen LogP contribution in [0.2, 0.25) is 0 Å². The third-order valence-corrected chi connectivity index (χ3v) is 2.48. The Labute approximate surface area is 99.2 Å². The molecular formula is C11H16O6. The van der Waals surface area contributed by atoms with Crippen LogP contribution in [0.25, 0.3) is 0 Å². The summed E-state index contributed by atoms with van der Waals surface area (Å²) in [5.41, 5.74) is 0. The molecule has 0 amide bonds. The predicted octanol–water partition coefficient (Wildman–Crippen LogP) is 0.0868. The highest BCUT2D eigenvalue weighted by molar-refractivity contribution is 6.18. The van der Waals surface area contributed by atoms with E-state index in [1.54, 1.807) is 6.92 Å². The van der Waals surface area contributed by atoms with Crippen LogP contribution in [-0.4, -0.2) is 43.1 Å². The molecule has 6 nitrogen and oxygen atoms in total. The second-order valence-corrected chi connectivity index (χ2v) is 3.80. The van der Waals surface area contributed by atoms with Gasteiger partial charge in [0, 0.05) is 0 Å². The lowest BCUT2D eigenvalue weighted by molar-refractivity contribution is -0.183. The van der Waals surface area contributed by atoms with Crippen LogP contribution in [0.3, 0.4) is 0 Å². The Morgan fingerprint density at radius 1 is 1.29 bits per heavy atom. The zero-order valence-corrected chi connectivity index (χ0v) is 10.1. The first-order valence-corrected chi connectivity index (χ1v) is 5.41. The average Bonchev–Trinajstić information content (AvgIpc) is 2.66. The normalized spacial score (nSPS) is 19.7. The Morgan fingerprint density at radius 3 is 2.24 bits per heavy atom. The summed E-state index contributed by atoms with van der Waals surface area (Å²) in [7, 11) is 0. The molecule has 1 unspecified atom stereocenters. The van der Waals surface area contributed by atoms with Gasteiger partial charge in [0.25, 0.3) is 0 Å². The van der Waals surface area contributed by atoms with Crippen LogP contribution in [0.4, 0.5) is 0 Å². The van der Waals surface area contributed by atoms with E-state index in [1.807, 2.05) is 0 Å². The first kappa shape index (κ1) is 13.8. The van der Waals surface area contributed by atoms with Gasteiger partial charge in [0.05, 0.1) is 19.8 Å². The molecule has 0 aromatic heterocycles. The van der Waals surface area contributed by atoms with E-state index >= 15 is 0 Å². The van der Waals surface area contributed by atoms with Gasteiger partial charge >= 0.3 is 5.97 Å². The van der Waals surface area contributed by atoms with Crippen molar-refractivity contribution in [1.82, 2.24) is 0 Å². The lowest BCUT2D eigenvalue weighted by atomic mass is 9.94. The van der Waals surface area contributed by atoms with E-state index in [0.717, 1.165) is 6.92 Å². The minimum Gasteiger partial charge on any atom is -0.465 e. The van der Waals surface area contributed by atoms with Crippen LogP contribution in [0.15, 0.2) is 0 Å². The fourth-order valence-electron chi connectivity index (χ4n) is 1.60. The van der Waals surface area contributed by atoms with E-state index in [2.05, 4.69) is 0 Å². The number of carbonyl (C=O) groups excluding carboxylic acids is 3. The fourth-order valence-corrected chi connectivity index (χ4v) is 1.60. The Bertz CT molecular complexity index is 329. The highest BCUT2D eigenvalue weighted by atomic mass is 16.7. The lowest BCUT2D eigenvalue weighted by Crippen LogP contribution is -2.46. The monoisotopic (exact) mass is 244 g/mol. The molecule has 1 atom stereocenters. The summed E-state index contributed by atoms with van der Waals surface area (Å²) in [6.45, 7) is 4.79. The molecule has 0 aliphatic carbocycles. The molecule has 1 aliphatic heterocycles. The van der Waals surface area contributed by atoms with E-state index in [9.17, 15) is 14.4 Å². The molecule has 0 spiro atoms. The highest BCUT2D eigenvalue weighted by Crippen LogP contribution is 2.24. The summed E-state index contributed by atoms with van der Waals surface area (Å²) in [6.07, 6.45) is 0. The van der Waals surface area contributed by atoms with Crippen molar-refractivity contribution in [2.24, 2.45) is 5.92 Å². The lowest BCUT2D eigenvalue weighted by Gasteiger charge is -2.23. The Kier molecular flexibility index (Phi) is 4.36. The number of carbonyl (C=O) groups is 3. The molecule has 0 saturated carbocycles. The molecule has 6 heteroatoms. The van der Waals surface area contributed by atoms with Crippen LogP contribution in [0.5, 0.6) is 0 Å². The minimum absolute atomic E-state index is 0.105. The third kappa shape index (κ3) is 2.89. The molecule has 0 aromatic carbocycles. The Balaban J connectivity index is 2.87. The number of rotatable bonds is 5. The van der Waals surface area contributed by atoms with E-state index < -0.39 is 29.2 Å². The third-order valence-electron chi connectivity index (χ3n) is 2.48. The smallest absolute Gasteiger partial charge is 0.324 e. The van der Waals surface area contributed by atoms with Gasteiger partial charge in [0.1, 0.15) is 0 Å². The van der Waals surface area contributed by atoms with Crippen molar-refractivity contribution < 1.29 is 28.6 Å². The van der Waals surface area contributed by atoms with Crippen molar-refractivity contribution in [2.45, 2.75) is 26.6 Å². The number of esters is 1. The van der Waals surface area contributed by atoms with Gasteiger partial charge < -0.3 is 14.2 Å². The summed E-state index contributed by atoms with van der Waals surface area (Å²) in [5.74, 6) is -5.14. The largest absolute Gasteiger partial charge is 0.465 e. The number of Topliss-reactive ketones (excluding diaryl/α,β-unsaturated/α-hetero) is 2. The second-order valence-electron chi connectivity index (χ2n) is 3.80. The van der Waals surface area contributed by atoms with Crippen LogP contribution in [0.1, 0.15) is 20.8 Å². The van der Waals surface area contributed by atoms with Crippen molar-refractivity contribution >= 4 is 17.5 Å². The van der Waals surface area contributed by atoms with Crippen molar-refractivity contribution in [3.05, 3.63) is 0 Å². The summed E-state index contributed by atoms with van der Waals surface area (Å²) >= 11 is 0. The van der Waals surface area contributed by atoms with Gasteiger partial charge in [-0.3, -0.25) is 14.4 Å². The molecule has 0 radical (unpaired) electrons. The quantitative estimate of drug-likeness (QED) is 0.503. The zero-order chi connectivity index (χ0) is 13.1. The fraction of sp³-hybridized carbons (Fsp3) is 0.727. The highest BCUT2D eigenvalue weighted by Gasteiger charge is 2.48. The standard InChI is InChI=1S/C11H16O6/c1-4-15-10(14)8(7(2)12)9(13)11(3)16-5-6-17-11/h8H,4-6H2,1-3H3. The SMILES string of the molecule is CCOC(=O)C(C(C)=O)C(=O)C1(C)OCCO1. The first-order valence-electron chi connectivity index (χ1n) is 5.41. The molecule has 0 bridgehead atoms. The summed E-state index contributed by atoms with van der Waals surface area (Å²) in [6, 6.07) is 0.